The predicted octanol–water partition coefficient (Wildman–Crippen LogP) is 2.02. The number of benzene rings is 1. The molecule has 0 radical (unpaired) electrons. The molecule has 0 fully saturated rings. The van der Waals surface area contributed by atoms with Gasteiger partial charge in [-0.3, -0.25) is 9.59 Å². The molecular weight excluding hydrogens is 256 g/mol. The average molecular weight is 278 g/mol. The lowest BCUT2D eigenvalue weighted by Crippen LogP contribution is -2.36. The third-order valence-electron chi connectivity index (χ3n) is 2.88. The van der Waals surface area contributed by atoms with Crippen molar-refractivity contribution in [2.45, 2.75) is 39.2 Å². The maximum atomic E-state index is 11.9. The summed E-state index contributed by atoms with van der Waals surface area (Å²) >= 11 is 0. The Labute approximate surface area is 119 Å². The number of nitrogens with two attached hydrogens (primary N) is 1. The number of hydrogen-bond donors (Lipinski definition) is 3. The largest absolute Gasteiger partial charge is 0.481 e. The molecule has 1 rings (SSSR count). The number of carboxylic acid groups (broad SMARTS) is 1. The Morgan fingerprint density at radius 3 is 2.65 bits per heavy atom. The molecule has 1 aromatic carbocycles. The molecule has 0 unspecified atom stereocenters. The van der Waals surface area contributed by atoms with E-state index in [-0.39, 0.29) is 12.3 Å². The lowest BCUT2D eigenvalue weighted by molar-refractivity contribution is -0.137. The standard InChI is InChI=1S/C15H22N2O3/c1-10(2)8-13(16)15(20)17-12-5-3-4-11(9-12)6-7-14(18)19/h3-5,9-10,13H,6-8,16H2,1-2H3,(H,17,20)(H,18,19)/t13-/m1/s1. The summed E-state index contributed by atoms with van der Waals surface area (Å²) < 4.78 is 0. The molecule has 0 heterocycles. The van der Waals surface area contributed by atoms with Gasteiger partial charge in [0.25, 0.3) is 0 Å². The van der Waals surface area contributed by atoms with E-state index in [1.165, 1.54) is 0 Å². The van der Waals surface area contributed by atoms with E-state index in [9.17, 15) is 9.59 Å². The number of carboxylic acids is 1. The Hall–Kier alpha value is -1.88. The van der Waals surface area contributed by atoms with Crippen molar-refractivity contribution in [2.75, 3.05) is 5.32 Å². The van der Waals surface area contributed by atoms with Gasteiger partial charge in [-0.1, -0.05) is 26.0 Å². The number of nitrogens with one attached hydrogen (secondary N) is 1. The monoisotopic (exact) mass is 278 g/mol. The minimum atomic E-state index is -0.835. The van der Waals surface area contributed by atoms with Crippen molar-refractivity contribution < 1.29 is 14.7 Å². The van der Waals surface area contributed by atoms with Crippen molar-refractivity contribution in [3.8, 4) is 0 Å². The van der Waals surface area contributed by atoms with Crippen LogP contribution in [0.1, 0.15) is 32.3 Å². The molecule has 1 atom stereocenters. The summed E-state index contributed by atoms with van der Waals surface area (Å²) in [4.78, 5) is 22.4. The number of rotatable bonds is 7. The van der Waals surface area contributed by atoms with Crippen molar-refractivity contribution in [2.24, 2.45) is 11.7 Å². The molecule has 0 spiro atoms. The van der Waals surface area contributed by atoms with Crippen LogP contribution in [0.15, 0.2) is 24.3 Å². The van der Waals surface area contributed by atoms with Crippen molar-refractivity contribution in [3.05, 3.63) is 29.8 Å². The SMILES string of the molecule is CC(C)C[C@@H](N)C(=O)Nc1cccc(CCC(=O)O)c1. The van der Waals surface area contributed by atoms with Crippen molar-refractivity contribution in [1.82, 2.24) is 0 Å². The van der Waals surface area contributed by atoms with Gasteiger partial charge in [0.2, 0.25) is 5.91 Å². The average Bonchev–Trinajstić information content (AvgIpc) is 2.36. The summed E-state index contributed by atoms with van der Waals surface area (Å²) in [5, 5.41) is 11.4. The number of amides is 1. The summed E-state index contributed by atoms with van der Waals surface area (Å²) in [6.45, 7) is 4.03. The number of carbonyl (C=O) groups is 2. The van der Waals surface area contributed by atoms with E-state index >= 15 is 0 Å². The van der Waals surface area contributed by atoms with Gasteiger partial charge in [0.1, 0.15) is 0 Å². The van der Waals surface area contributed by atoms with Crippen LogP contribution in [0.3, 0.4) is 0 Å². The second-order valence-electron chi connectivity index (χ2n) is 5.32. The van der Waals surface area contributed by atoms with Crippen LogP contribution in [0, 0.1) is 5.92 Å². The van der Waals surface area contributed by atoms with Gasteiger partial charge < -0.3 is 16.2 Å². The molecule has 0 aromatic heterocycles. The van der Waals surface area contributed by atoms with E-state index in [1.807, 2.05) is 19.9 Å². The molecule has 1 amide bonds. The Morgan fingerprint density at radius 1 is 1.35 bits per heavy atom. The van der Waals surface area contributed by atoms with E-state index in [0.717, 1.165) is 5.56 Å². The highest BCUT2D eigenvalue weighted by molar-refractivity contribution is 5.94. The van der Waals surface area contributed by atoms with E-state index < -0.39 is 12.0 Å². The molecule has 5 heteroatoms. The molecule has 0 saturated heterocycles. The zero-order valence-corrected chi connectivity index (χ0v) is 11.9. The molecule has 0 aliphatic rings. The number of anilines is 1. The number of hydrogen-bond acceptors (Lipinski definition) is 3. The molecule has 20 heavy (non-hydrogen) atoms. The first-order valence-electron chi connectivity index (χ1n) is 6.75. The molecule has 1 aromatic rings. The van der Waals surface area contributed by atoms with E-state index in [0.29, 0.717) is 24.4 Å². The van der Waals surface area contributed by atoms with Crippen molar-refractivity contribution in [3.63, 3.8) is 0 Å². The van der Waals surface area contributed by atoms with Gasteiger partial charge in [-0.05, 0) is 36.5 Å². The van der Waals surface area contributed by atoms with Gasteiger partial charge in [-0.2, -0.15) is 0 Å². The van der Waals surface area contributed by atoms with Crippen LogP contribution in [0.25, 0.3) is 0 Å². The number of carbonyl (C=O) groups excluding carboxylic acids is 1. The van der Waals surface area contributed by atoms with Crippen LogP contribution in [0.2, 0.25) is 0 Å². The van der Waals surface area contributed by atoms with Crippen LogP contribution >= 0.6 is 0 Å². The fraction of sp³-hybridized carbons (Fsp3) is 0.467. The Kier molecular flexibility index (Phi) is 6.18. The first-order chi connectivity index (χ1) is 9.38. The third kappa shape index (κ3) is 5.84. The smallest absolute Gasteiger partial charge is 0.303 e. The Bertz CT molecular complexity index is 472. The first-order valence-corrected chi connectivity index (χ1v) is 6.75. The van der Waals surface area contributed by atoms with Gasteiger partial charge in [0, 0.05) is 12.1 Å². The van der Waals surface area contributed by atoms with Gasteiger partial charge in [0.15, 0.2) is 0 Å². The van der Waals surface area contributed by atoms with Crippen LogP contribution in [0.4, 0.5) is 5.69 Å². The fourth-order valence-corrected chi connectivity index (χ4v) is 1.91. The third-order valence-corrected chi connectivity index (χ3v) is 2.88. The molecule has 0 saturated carbocycles. The minimum Gasteiger partial charge on any atom is -0.481 e. The van der Waals surface area contributed by atoms with Crippen molar-refractivity contribution >= 4 is 17.6 Å². The van der Waals surface area contributed by atoms with Crippen molar-refractivity contribution in [1.29, 1.82) is 0 Å². The summed E-state index contributed by atoms with van der Waals surface area (Å²) in [5.74, 6) is -0.690. The molecule has 4 N–H and O–H groups in total. The number of aryl methyl sites for hydroxylation is 1. The van der Waals surface area contributed by atoms with Gasteiger partial charge in [-0.15, -0.1) is 0 Å². The van der Waals surface area contributed by atoms with Crippen LogP contribution in [0.5, 0.6) is 0 Å². The molecule has 5 nitrogen and oxygen atoms in total. The summed E-state index contributed by atoms with van der Waals surface area (Å²) in [6.07, 6.45) is 1.14. The van der Waals surface area contributed by atoms with Crippen LogP contribution in [-0.4, -0.2) is 23.0 Å². The van der Waals surface area contributed by atoms with Gasteiger partial charge in [0.05, 0.1) is 6.04 Å². The maximum Gasteiger partial charge on any atom is 0.303 e. The highest BCUT2D eigenvalue weighted by Gasteiger charge is 2.15. The van der Waals surface area contributed by atoms with Gasteiger partial charge >= 0.3 is 5.97 Å². The van der Waals surface area contributed by atoms with E-state index in [4.69, 9.17) is 10.8 Å². The molecule has 0 aliphatic carbocycles. The number of aliphatic carboxylic acids is 1. The Balaban J connectivity index is 2.61. The minimum absolute atomic E-state index is 0.0737. The predicted molar refractivity (Wildman–Crippen MR) is 78.5 cm³/mol. The van der Waals surface area contributed by atoms with Crippen LogP contribution < -0.4 is 11.1 Å². The fourth-order valence-electron chi connectivity index (χ4n) is 1.91. The van der Waals surface area contributed by atoms with E-state index in [2.05, 4.69) is 5.32 Å². The Morgan fingerprint density at radius 2 is 2.05 bits per heavy atom. The molecular formula is C15H22N2O3. The lowest BCUT2D eigenvalue weighted by Gasteiger charge is -2.14. The lowest BCUT2D eigenvalue weighted by atomic mass is 10.0. The summed E-state index contributed by atoms with van der Waals surface area (Å²) in [7, 11) is 0. The normalized spacial score (nSPS) is 12.2. The highest BCUT2D eigenvalue weighted by Crippen LogP contribution is 2.13. The first kappa shape index (κ1) is 16.2. The molecule has 0 bridgehead atoms. The van der Waals surface area contributed by atoms with Crippen LogP contribution in [-0.2, 0) is 16.0 Å². The quantitative estimate of drug-likeness (QED) is 0.711. The summed E-state index contributed by atoms with van der Waals surface area (Å²) in [6, 6.07) is 6.65. The topological polar surface area (TPSA) is 92.4 Å². The highest BCUT2D eigenvalue weighted by atomic mass is 16.4. The molecule has 110 valence electrons. The zero-order chi connectivity index (χ0) is 15.1. The second-order valence-corrected chi connectivity index (χ2v) is 5.32. The maximum absolute atomic E-state index is 11.9. The summed E-state index contributed by atoms with van der Waals surface area (Å²) in [5.41, 5.74) is 7.34. The second kappa shape index (κ2) is 7.65. The van der Waals surface area contributed by atoms with Gasteiger partial charge in [-0.25, -0.2) is 0 Å². The zero-order valence-electron chi connectivity index (χ0n) is 11.9. The molecule has 0 aliphatic heterocycles. The van der Waals surface area contributed by atoms with E-state index in [1.54, 1.807) is 18.2 Å².